The molecule has 0 aromatic heterocycles. The lowest BCUT2D eigenvalue weighted by Crippen LogP contribution is -2.43. The maximum atomic E-state index is 13.9. The van der Waals surface area contributed by atoms with Crippen LogP contribution < -0.4 is 9.04 Å². The molecule has 8 heteroatoms. The van der Waals surface area contributed by atoms with E-state index in [1.165, 1.54) is 13.0 Å². The Balaban J connectivity index is 1.67. The number of carbonyl (C=O) groups excluding carboxylic acids is 1. The molecule has 0 aliphatic carbocycles. The van der Waals surface area contributed by atoms with Crippen LogP contribution in [0.15, 0.2) is 41.3 Å². The Bertz CT molecular complexity index is 1130. The van der Waals surface area contributed by atoms with Crippen LogP contribution in [0.5, 0.6) is 5.75 Å². The highest BCUT2D eigenvalue weighted by molar-refractivity contribution is 14.1. The van der Waals surface area contributed by atoms with Crippen molar-refractivity contribution in [1.82, 2.24) is 0 Å². The van der Waals surface area contributed by atoms with E-state index in [9.17, 15) is 13.2 Å². The average molecular weight is 583 g/mol. The van der Waals surface area contributed by atoms with Gasteiger partial charge in [-0.1, -0.05) is 6.92 Å². The summed E-state index contributed by atoms with van der Waals surface area (Å²) in [5.74, 6) is 0.600. The van der Waals surface area contributed by atoms with Gasteiger partial charge in [-0.05, 0) is 109 Å². The van der Waals surface area contributed by atoms with E-state index in [1.54, 1.807) is 16.4 Å². The molecule has 0 amide bonds. The van der Waals surface area contributed by atoms with Crippen molar-refractivity contribution in [2.24, 2.45) is 5.92 Å². The molecule has 0 spiro atoms. The van der Waals surface area contributed by atoms with Gasteiger partial charge >= 0.3 is 0 Å². The van der Waals surface area contributed by atoms with E-state index in [1.807, 2.05) is 19.1 Å². The highest BCUT2D eigenvalue weighted by Gasteiger charge is 2.35. The number of ketones is 1. The summed E-state index contributed by atoms with van der Waals surface area (Å²) in [5, 5.41) is 0. The Morgan fingerprint density at radius 2 is 1.91 bits per heavy atom. The molecule has 2 aliphatic heterocycles. The van der Waals surface area contributed by atoms with Crippen molar-refractivity contribution in [2.45, 2.75) is 56.9 Å². The molecule has 0 unspecified atom stereocenters. The molecule has 2 aliphatic rings. The molecule has 6 nitrogen and oxygen atoms in total. The minimum atomic E-state index is -3.85. The minimum Gasteiger partial charge on any atom is -0.493 e. The average Bonchev–Trinajstić information content (AvgIpc) is 2.82. The summed E-state index contributed by atoms with van der Waals surface area (Å²) in [4.78, 5) is 12.5. The van der Waals surface area contributed by atoms with Crippen molar-refractivity contribution in [3.05, 3.63) is 51.1 Å². The molecule has 0 bridgehead atoms. The first-order valence-corrected chi connectivity index (χ1v) is 14.0. The van der Waals surface area contributed by atoms with E-state index < -0.39 is 10.0 Å². The maximum Gasteiger partial charge on any atom is 0.264 e. The van der Waals surface area contributed by atoms with Crippen molar-refractivity contribution in [3.8, 4) is 5.75 Å². The van der Waals surface area contributed by atoms with Crippen molar-refractivity contribution in [2.75, 3.05) is 24.1 Å². The van der Waals surface area contributed by atoms with Crippen LogP contribution in [0.2, 0.25) is 0 Å². The fourth-order valence-corrected chi connectivity index (χ4v) is 6.98. The Kier molecular flexibility index (Phi) is 7.65. The van der Waals surface area contributed by atoms with E-state index in [-0.39, 0.29) is 16.7 Å². The van der Waals surface area contributed by atoms with Crippen molar-refractivity contribution in [3.63, 3.8) is 0 Å². The first kappa shape index (κ1) is 24.5. The van der Waals surface area contributed by atoms with Crippen LogP contribution in [0, 0.1) is 9.49 Å². The first-order chi connectivity index (χ1) is 15.8. The third-order valence-corrected chi connectivity index (χ3v) is 9.06. The maximum absolute atomic E-state index is 13.9. The van der Waals surface area contributed by atoms with Gasteiger partial charge in [-0.2, -0.15) is 0 Å². The van der Waals surface area contributed by atoms with E-state index in [0.717, 1.165) is 60.1 Å². The number of rotatable bonds is 7. The van der Waals surface area contributed by atoms with E-state index in [4.69, 9.17) is 9.47 Å². The van der Waals surface area contributed by atoms with E-state index in [2.05, 4.69) is 28.7 Å². The molecule has 2 aromatic rings. The van der Waals surface area contributed by atoms with Gasteiger partial charge in [0.25, 0.3) is 10.0 Å². The number of sulfonamides is 1. The van der Waals surface area contributed by atoms with Crippen molar-refractivity contribution < 1.29 is 22.7 Å². The van der Waals surface area contributed by atoms with E-state index in [0.29, 0.717) is 23.8 Å². The lowest BCUT2D eigenvalue weighted by Gasteiger charge is -2.37. The molecule has 0 saturated carbocycles. The zero-order valence-corrected chi connectivity index (χ0v) is 22.0. The number of hydrogen-bond acceptors (Lipinski definition) is 5. The van der Waals surface area contributed by atoms with Crippen LogP contribution in [0.1, 0.15) is 55.5 Å². The Morgan fingerprint density at radius 1 is 1.15 bits per heavy atom. The second kappa shape index (κ2) is 10.3. The number of aryl methyl sites for hydroxylation is 1. The van der Waals surface area contributed by atoms with Gasteiger partial charge < -0.3 is 9.47 Å². The molecule has 178 valence electrons. The molecule has 4 rings (SSSR count). The third-order valence-electron chi connectivity index (χ3n) is 6.53. The topological polar surface area (TPSA) is 72.9 Å². The van der Waals surface area contributed by atoms with Gasteiger partial charge in [0.2, 0.25) is 0 Å². The highest BCUT2D eigenvalue weighted by atomic mass is 127. The molecule has 1 saturated heterocycles. The fourth-order valence-electron chi connectivity index (χ4n) is 4.61. The molecule has 2 heterocycles. The molecule has 0 N–H and O–H groups in total. The van der Waals surface area contributed by atoms with Crippen LogP contribution in [0.25, 0.3) is 0 Å². The predicted octanol–water partition coefficient (Wildman–Crippen LogP) is 5.22. The summed E-state index contributed by atoms with van der Waals surface area (Å²) in [7, 11) is -3.85. The molecule has 0 radical (unpaired) electrons. The first-order valence-electron chi connectivity index (χ1n) is 11.5. The minimum absolute atomic E-state index is 0.118. The van der Waals surface area contributed by atoms with Crippen LogP contribution in [0.4, 0.5) is 5.69 Å². The quantitative estimate of drug-likeness (QED) is 0.330. The monoisotopic (exact) mass is 583 g/mol. The summed E-state index contributed by atoms with van der Waals surface area (Å²) < 4.78 is 41.7. The van der Waals surface area contributed by atoms with Crippen LogP contribution >= 0.6 is 22.6 Å². The van der Waals surface area contributed by atoms with Gasteiger partial charge in [-0.3, -0.25) is 9.10 Å². The summed E-state index contributed by atoms with van der Waals surface area (Å²) in [6.45, 7) is 5.39. The van der Waals surface area contributed by atoms with Gasteiger partial charge in [-0.15, -0.1) is 0 Å². The standard InChI is InChI=1S/C25H30INO5S/c1-3-21-6-4-19-14-20(26)5-8-24(19)27(21)33(29,30)22-7-9-25(23(15-22)17(2)28)32-16-18-10-12-31-13-11-18/h5,7-9,14-15,18,21H,3-4,6,10-13,16H2,1-2H3/t21-/m1/s1. The molecular formula is C25H30INO5S. The summed E-state index contributed by atoms with van der Waals surface area (Å²) in [6.07, 6.45) is 4.20. The van der Waals surface area contributed by atoms with Gasteiger partial charge in [0.1, 0.15) is 5.75 Å². The second-order valence-corrected chi connectivity index (χ2v) is 11.8. The predicted molar refractivity (Wildman–Crippen MR) is 137 cm³/mol. The number of Topliss-reactive ketones (excluding diaryl/α,β-unsaturated/α-hetero) is 1. The number of halogens is 1. The number of fused-ring (bicyclic) bond motifs is 1. The van der Waals surface area contributed by atoms with Crippen molar-refractivity contribution >= 4 is 44.1 Å². The SMILES string of the molecule is CC[C@@H]1CCc2cc(I)ccc2N1S(=O)(=O)c1ccc(OCC2CCOCC2)c(C(C)=O)c1. The van der Waals surface area contributed by atoms with Gasteiger partial charge in [0.15, 0.2) is 5.78 Å². The summed E-state index contributed by atoms with van der Waals surface area (Å²) >= 11 is 2.25. The third kappa shape index (κ3) is 5.22. The normalized spacial score (nSPS) is 19.2. The fraction of sp³-hybridized carbons (Fsp3) is 0.480. The van der Waals surface area contributed by atoms with Crippen molar-refractivity contribution in [1.29, 1.82) is 0 Å². The Hall–Kier alpha value is -1.65. The molecule has 1 atom stereocenters. The van der Waals surface area contributed by atoms with Gasteiger partial charge in [-0.25, -0.2) is 8.42 Å². The number of carbonyl (C=O) groups is 1. The zero-order valence-electron chi connectivity index (χ0n) is 19.1. The zero-order chi connectivity index (χ0) is 23.6. The molecule has 2 aromatic carbocycles. The van der Waals surface area contributed by atoms with Crippen LogP contribution in [-0.2, 0) is 21.2 Å². The van der Waals surface area contributed by atoms with E-state index >= 15 is 0 Å². The second-order valence-electron chi connectivity index (χ2n) is 8.76. The molecule has 33 heavy (non-hydrogen) atoms. The highest BCUT2D eigenvalue weighted by Crippen LogP contribution is 2.38. The molecule has 1 fully saturated rings. The lowest BCUT2D eigenvalue weighted by atomic mass is 9.97. The summed E-state index contributed by atoms with van der Waals surface area (Å²) in [6, 6.07) is 10.4. The Labute approximate surface area is 209 Å². The number of anilines is 1. The molecular weight excluding hydrogens is 553 g/mol. The number of hydrogen-bond donors (Lipinski definition) is 0. The number of ether oxygens (including phenoxy) is 2. The van der Waals surface area contributed by atoms with Crippen LogP contribution in [0.3, 0.4) is 0 Å². The van der Waals surface area contributed by atoms with Crippen LogP contribution in [-0.4, -0.2) is 40.1 Å². The number of benzene rings is 2. The summed E-state index contributed by atoms with van der Waals surface area (Å²) in [5.41, 5.74) is 2.08. The largest absolute Gasteiger partial charge is 0.493 e. The number of nitrogens with zero attached hydrogens (tertiary/aromatic N) is 1. The van der Waals surface area contributed by atoms with Gasteiger partial charge in [0.05, 0.1) is 22.8 Å². The van der Waals surface area contributed by atoms with Gasteiger partial charge in [0, 0.05) is 22.8 Å². The lowest BCUT2D eigenvalue weighted by molar-refractivity contribution is 0.0495. The smallest absolute Gasteiger partial charge is 0.264 e. The Morgan fingerprint density at radius 3 is 2.61 bits per heavy atom.